The normalized spacial score (nSPS) is 10.1. The van der Waals surface area contributed by atoms with E-state index in [1.54, 1.807) is 24.3 Å². The number of alkyl halides is 2. The minimum Gasteiger partial charge on any atom is -0.421 e. The summed E-state index contributed by atoms with van der Waals surface area (Å²) in [6, 6.07) is 6.85. The zero-order valence-electron chi connectivity index (χ0n) is 10.6. The molecule has 0 radical (unpaired) electrons. The Hall–Kier alpha value is -1.26. The van der Waals surface area contributed by atoms with Crippen molar-refractivity contribution in [3.8, 4) is 5.75 Å². The van der Waals surface area contributed by atoms with Crippen LogP contribution in [-0.4, -0.2) is 36.6 Å². The fourth-order valence-electron chi connectivity index (χ4n) is 1.48. The van der Waals surface area contributed by atoms with Crippen LogP contribution in [0.1, 0.15) is 6.92 Å². The number of hydrogen-bond donors (Lipinski definition) is 0. The molecule has 0 heterocycles. The maximum absolute atomic E-state index is 11.1. The second kappa shape index (κ2) is 8.02. The molecule has 1 aromatic rings. The van der Waals surface area contributed by atoms with Gasteiger partial charge in [-0.3, -0.25) is 4.79 Å². The van der Waals surface area contributed by atoms with Gasteiger partial charge in [-0.25, -0.2) is 4.79 Å². The van der Waals surface area contributed by atoms with E-state index in [4.69, 9.17) is 27.9 Å². The molecule has 0 spiro atoms. The quantitative estimate of drug-likeness (QED) is 0.336. The van der Waals surface area contributed by atoms with Gasteiger partial charge < -0.3 is 9.64 Å². The molecule has 0 aromatic heterocycles. The van der Waals surface area contributed by atoms with Gasteiger partial charge in [0, 0.05) is 37.5 Å². The van der Waals surface area contributed by atoms with Crippen LogP contribution in [0, 0.1) is 0 Å². The molecule has 19 heavy (non-hydrogen) atoms. The first kappa shape index (κ1) is 15.8. The number of esters is 1. The lowest BCUT2D eigenvalue weighted by molar-refractivity contribution is -0.146. The molecule has 0 atom stereocenters. The standard InChI is InChI=1S/C13H15Cl2NO3/c1-10(17)13(18)19-12-4-2-11(3-5-12)16(8-6-14)9-7-15/h2-5H,6-9H2,1H3. The van der Waals surface area contributed by atoms with Crippen LogP contribution in [0.4, 0.5) is 5.69 Å². The number of ketones is 1. The number of nitrogens with zero attached hydrogens (tertiary/aromatic N) is 1. The number of ether oxygens (including phenoxy) is 1. The van der Waals surface area contributed by atoms with Crippen molar-refractivity contribution in [1.29, 1.82) is 0 Å². The summed E-state index contributed by atoms with van der Waals surface area (Å²) in [6.45, 7) is 2.53. The summed E-state index contributed by atoms with van der Waals surface area (Å²) < 4.78 is 4.87. The monoisotopic (exact) mass is 303 g/mol. The van der Waals surface area contributed by atoms with Gasteiger partial charge in [-0.05, 0) is 24.3 Å². The van der Waals surface area contributed by atoms with Crippen LogP contribution in [0.3, 0.4) is 0 Å². The number of carbonyl (C=O) groups is 2. The van der Waals surface area contributed by atoms with Gasteiger partial charge in [0.1, 0.15) is 5.75 Å². The highest BCUT2D eigenvalue weighted by molar-refractivity contribution is 6.33. The third-order valence-corrected chi connectivity index (χ3v) is 2.75. The van der Waals surface area contributed by atoms with Crippen LogP contribution in [0.25, 0.3) is 0 Å². The molecule has 0 bridgehead atoms. The van der Waals surface area contributed by atoms with E-state index in [-0.39, 0.29) is 0 Å². The Morgan fingerprint density at radius 1 is 1.11 bits per heavy atom. The van der Waals surface area contributed by atoms with Crippen LogP contribution in [0.2, 0.25) is 0 Å². The SMILES string of the molecule is CC(=O)C(=O)Oc1ccc(N(CCCl)CCCl)cc1. The number of carbonyl (C=O) groups excluding carboxylic acids is 2. The fourth-order valence-corrected chi connectivity index (χ4v) is 1.89. The Balaban J connectivity index is 2.73. The van der Waals surface area contributed by atoms with Crippen molar-refractivity contribution in [2.45, 2.75) is 6.92 Å². The summed E-state index contributed by atoms with van der Waals surface area (Å²) in [5, 5.41) is 0. The van der Waals surface area contributed by atoms with Crippen LogP contribution >= 0.6 is 23.2 Å². The molecule has 0 unspecified atom stereocenters. The van der Waals surface area contributed by atoms with Crippen LogP contribution in [-0.2, 0) is 9.59 Å². The summed E-state index contributed by atoms with van der Waals surface area (Å²) in [4.78, 5) is 23.9. The number of Topliss-reactive ketones (excluding diaryl/α,β-unsaturated/α-hetero) is 1. The van der Waals surface area contributed by atoms with E-state index < -0.39 is 11.8 Å². The van der Waals surface area contributed by atoms with Gasteiger partial charge in [0.15, 0.2) is 0 Å². The van der Waals surface area contributed by atoms with E-state index in [9.17, 15) is 9.59 Å². The average Bonchev–Trinajstić information content (AvgIpc) is 2.39. The van der Waals surface area contributed by atoms with E-state index in [0.29, 0.717) is 30.6 Å². The van der Waals surface area contributed by atoms with Crippen molar-refractivity contribution in [3.05, 3.63) is 24.3 Å². The van der Waals surface area contributed by atoms with Gasteiger partial charge in [0.05, 0.1) is 0 Å². The van der Waals surface area contributed by atoms with Gasteiger partial charge in [-0.2, -0.15) is 0 Å². The first-order chi connectivity index (χ1) is 9.08. The van der Waals surface area contributed by atoms with Gasteiger partial charge in [-0.15, -0.1) is 23.2 Å². The summed E-state index contributed by atoms with van der Waals surface area (Å²) in [7, 11) is 0. The Morgan fingerprint density at radius 3 is 2.05 bits per heavy atom. The summed E-state index contributed by atoms with van der Waals surface area (Å²) in [5.74, 6) is -0.169. The Labute approximate surface area is 122 Å². The molecule has 6 heteroatoms. The maximum Gasteiger partial charge on any atom is 0.379 e. The van der Waals surface area contributed by atoms with E-state index in [0.717, 1.165) is 5.69 Å². The molecule has 0 aliphatic carbocycles. The topological polar surface area (TPSA) is 46.6 Å². The molecule has 1 aromatic carbocycles. The summed E-state index contributed by atoms with van der Waals surface area (Å²) in [5.41, 5.74) is 0.934. The van der Waals surface area contributed by atoms with Gasteiger partial charge in [-0.1, -0.05) is 0 Å². The van der Waals surface area contributed by atoms with Crippen molar-refractivity contribution in [2.75, 3.05) is 29.7 Å². The zero-order valence-corrected chi connectivity index (χ0v) is 12.1. The lowest BCUT2D eigenvalue weighted by atomic mass is 10.2. The molecule has 0 aliphatic heterocycles. The van der Waals surface area contributed by atoms with Gasteiger partial charge >= 0.3 is 5.97 Å². The Bertz CT molecular complexity index is 428. The summed E-state index contributed by atoms with van der Waals surface area (Å²) >= 11 is 11.5. The third kappa shape index (κ3) is 5.09. The molecule has 0 saturated carbocycles. The smallest absolute Gasteiger partial charge is 0.379 e. The average molecular weight is 304 g/mol. The highest BCUT2D eigenvalue weighted by Crippen LogP contribution is 2.19. The van der Waals surface area contributed by atoms with Gasteiger partial charge in [0.25, 0.3) is 0 Å². The van der Waals surface area contributed by atoms with Crippen molar-refractivity contribution >= 4 is 40.6 Å². The zero-order chi connectivity index (χ0) is 14.3. The number of benzene rings is 1. The Kier molecular flexibility index (Phi) is 6.67. The fraction of sp³-hybridized carbons (Fsp3) is 0.385. The molecule has 0 N–H and O–H groups in total. The number of halogens is 2. The van der Waals surface area contributed by atoms with Crippen LogP contribution in [0.5, 0.6) is 5.75 Å². The molecular weight excluding hydrogens is 289 g/mol. The second-order valence-corrected chi connectivity index (χ2v) is 4.56. The summed E-state index contributed by atoms with van der Waals surface area (Å²) in [6.07, 6.45) is 0. The highest BCUT2D eigenvalue weighted by atomic mass is 35.5. The third-order valence-electron chi connectivity index (χ3n) is 2.41. The molecule has 0 saturated heterocycles. The van der Waals surface area contributed by atoms with Crippen LogP contribution in [0.15, 0.2) is 24.3 Å². The molecule has 104 valence electrons. The van der Waals surface area contributed by atoms with Gasteiger partial charge in [0.2, 0.25) is 5.78 Å². The van der Waals surface area contributed by atoms with Crippen molar-refractivity contribution in [3.63, 3.8) is 0 Å². The van der Waals surface area contributed by atoms with Crippen molar-refractivity contribution < 1.29 is 14.3 Å². The maximum atomic E-state index is 11.1. The minimum absolute atomic E-state index is 0.334. The number of hydrogen-bond acceptors (Lipinski definition) is 4. The lowest BCUT2D eigenvalue weighted by Gasteiger charge is -2.22. The van der Waals surface area contributed by atoms with E-state index in [1.807, 2.05) is 4.90 Å². The Morgan fingerprint density at radius 2 is 1.63 bits per heavy atom. The number of anilines is 1. The molecule has 0 aliphatic rings. The highest BCUT2D eigenvalue weighted by Gasteiger charge is 2.11. The molecule has 0 fully saturated rings. The first-order valence-electron chi connectivity index (χ1n) is 5.78. The van der Waals surface area contributed by atoms with Crippen LogP contribution < -0.4 is 9.64 Å². The molecule has 0 amide bonds. The first-order valence-corrected chi connectivity index (χ1v) is 6.85. The molecule has 4 nitrogen and oxygen atoms in total. The predicted molar refractivity (Wildman–Crippen MR) is 76.4 cm³/mol. The number of rotatable bonds is 7. The molecule has 1 rings (SSSR count). The largest absolute Gasteiger partial charge is 0.421 e. The molecular formula is C13H15Cl2NO3. The van der Waals surface area contributed by atoms with Crippen molar-refractivity contribution in [2.24, 2.45) is 0 Å². The predicted octanol–water partition coefficient (Wildman–Crippen LogP) is 2.47. The van der Waals surface area contributed by atoms with E-state index in [2.05, 4.69) is 0 Å². The van der Waals surface area contributed by atoms with E-state index in [1.165, 1.54) is 6.92 Å². The second-order valence-electron chi connectivity index (χ2n) is 3.80. The minimum atomic E-state index is -0.869. The van der Waals surface area contributed by atoms with Crippen molar-refractivity contribution in [1.82, 2.24) is 0 Å². The van der Waals surface area contributed by atoms with E-state index >= 15 is 0 Å². The lowest BCUT2D eigenvalue weighted by Crippen LogP contribution is -2.27.